The molecule has 0 saturated carbocycles. The van der Waals surface area contributed by atoms with Crippen molar-refractivity contribution in [1.82, 2.24) is 10.6 Å². The van der Waals surface area contributed by atoms with Gasteiger partial charge in [-0.2, -0.15) is 10.2 Å². The quantitative estimate of drug-likeness (QED) is 0.644. The third-order valence-corrected chi connectivity index (χ3v) is 4.45. The third kappa shape index (κ3) is 4.97. The van der Waals surface area contributed by atoms with Crippen LogP contribution < -0.4 is 20.1 Å². The first-order valence-corrected chi connectivity index (χ1v) is 8.82. The average molecular weight is 370 g/mol. The summed E-state index contributed by atoms with van der Waals surface area (Å²) in [5, 5.41) is 13.6. The van der Waals surface area contributed by atoms with Crippen LogP contribution in [0, 0.1) is 12.3 Å². The SMILES string of the molecule is C#CCCC1(CCNC(=O)C(Cc2ccc3c(c2)OCO3)NC(C)=O)N=N1. The van der Waals surface area contributed by atoms with Crippen LogP contribution in [0.15, 0.2) is 28.4 Å². The van der Waals surface area contributed by atoms with E-state index in [1.54, 1.807) is 6.07 Å². The number of fused-ring (bicyclic) bond motifs is 1. The van der Waals surface area contributed by atoms with Crippen molar-refractivity contribution in [3.63, 3.8) is 0 Å². The van der Waals surface area contributed by atoms with Crippen LogP contribution in [0.4, 0.5) is 0 Å². The zero-order valence-electron chi connectivity index (χ0n) is 15.2. The van der Waals surface area contributed by atoms with Crippen LogP contribution >= 0.6 is 0 Å². The van der Waals surface area contributed by atoms with Gasteiger partial charge in [-0.25, -0.2) is 0 Å². The summed E-state index contributed by atoms with van der Waals surface area (Å²) in [5.74, 6) is 3.37. The Morgan fingerprint density at radius 1 is 1.30 bits per heavy atom. The largest absolute Gasteiger partial charge is 0.454 e. The van der Waals surface area contributed by atoms with Gasteiger partial charge in [-0.05, 0) is 17.7 Å². The van der Waals surface area contributed by atoms with E-state index in [-0.39, 0.29) is 18.6 Å². The lowest BCUT2D eigenvalue weighted by Gasteiger charge is -2.18. The van der Waals surface area contributed by atoms with Gasteiger partial charge in [0.25, 0.3) is 0 Å². The summed E-state index contributed by atoms with van der Waals surface area (Å²) in [6.45, 7) is 1.98. The lowest BCUT2D eigenvalue weighted by atomic mass is 10.0. The van der Waals surface area contributed by atoms with Crippen molar-refractivity contribution in [2.75, 3.05) is 13.3 Å². The lowest BCUT2D eigenvalue weighted by molar-refractivity contribution is -0.128. The minimum Gasteiger partial charge on any atom is -0.454 e. The van der Waals surface area contributed by atoms with Gasteiger partial charge >= 0.3 is 0 Å². The van der Waals surface area contributed by atoms with Crippen LogP contribution in [0.25, 0.3) is 0 Å². The molecular formula is C19H22N4O4. The maximum atomic E-state index is 12.6. The highest BCUT2D eigenvalue weighted by molar-refractivity contribution is 5.87. The molecule has 1 unspecified atom stereocenters. The second-order valence-corrected chi connectivity index (χ2v) is 6.57. The van der Waals surface area contributed by atoms with E-state index in [2.05, 4.69) is 26.8 Å². The Kier molecular flexibility index (Phi) is 5.60. The number of terminal acetylenes is 1. The molecule has 142 valence electrons. The molecule has 0 aromatic heterocycles. The summed E-state index contributed by atoms with van der Waals surface area (Å²) in [6, 6.07) is 4.79. The molecule has 1 atom stereocenters. The van der Waals surface area contributed by atoms with Crippen molar-refractivity contribution in [3.8, 4) is 23.8 Å². The van der Waals surface area contributed by atoms with Gasteiger partial charge in [-0.3, -0.25) is 9.59 Å². The number of nitrogens with one attached hydrogen (secondary N) is 2. The van der Waals surface area contributed by atoms with Gasteiger partial charge in [0, 0.05) is 39.2 Å². The average Bonchev–Trinajstić information content (AvgIpc) is 3.25. The molecule has 0 saturated heterocycles. The molecule has 3 rings (SSSR count). The zero-order chi connectivity index (χ0) is 19.3. The molecule has 2 N–H and O–H groups in total. The van der Waals surface area contributed by atoms with Crippen molar-refractivity contribution in [3.05, 3.63) is 23.8 Å². The number of carbonyl (C=O) groups is 2. The van der Waals surface area contributed by atoms with Crippen molar-refractivity contribution in [2.45, 2.75) is 44.3 Å². The minimum atomic E-state index is -0.683. The van der Waals surface area contributed by atoms with Crippen LogP contribution in [0.1, 0.15) is 31.7 Å². The molecule has 0 spiro atoms. The lowest BCUT2D eigenvalue weighted by Crippen LogP contribution is -2.48. The van der Waals surface area contributed by atoms with E-state index in [4.69, 9.17) is 15.9 Å². The molecule has 1 aromatic rings. The van der Waals surface area contributed by atoms with Gasteiger partial charge in [0.15, 0.2) is 17.2 Å². The van der Waals surface area contributed by atoms with Crippen molar-refractivity contribution in [2.24, 2.45) is 10.2 Å². The molecule has 0 aliphatic carbocycles. The van der Waals surface area contributed by atoms with Gasteiger partial charge in [0.1, 0.15) is 6.04 Å². The van der Waals surface area contributed by atoms with E-state index in [0.717, 1.165) is 5.56 Å². The minimum absolute atomic E-state index is 0.186. The Hall–Kier alpha value is -3.08. The predicted octanol–water partition coefficient (Wildman–Crippen LogP) is 1.54. The summed E-state index contributed by atoms with van der Waals surface area (Å²) >= 11 is 0. The number of ether oxygens (including phenoxy) is 2. The first kappa shape index (κ1) is 18.7. The van der Waals surface area contributed by atoms with Crippen molar-refractivity contribution in [1.29, 1.82) is 0 Å². The first-order valence-electron chi connectivity index (χ1n) is 8.82. The molecule has 0 radical (unpaired) electrons. The molecule has 2 heterocycles. The van der Waals surface area contributed by atoms with Gasteiger partial charge in [0.2, 0.25) is 18.6 Å². The Bertz CT molecular complexity index is 793. The molecular weight excluding hydrogens is 348 g/mol. The monoisotopic (exact) mass is 370 g/mol. The fourth-order valence-electron chi connectivity index (χ4n) is 2.94. The summed E-state index contributed by atoms with van der Waals surface area (Å²) in [5.41, 5.74) is 0.423. The Balaban J connectivity index is 1.55. The Morgan fingerprint density at radius 3 is 2.78 bits per heavy atom. The number of hydrogen-bond acceptors (Lipinski definition) is 6. The highest BCUT2D eigenvalue weighted by Crippen LogP contribution is 2.36. The molecule has 2 amide bonds. The maximum Gasteiger partial charge on any atom is 0.242 e. The number of amides is 2. The second-order valence-electron chi connectivity index (χ2n) is 6.57. The molecule has 27 heavy (non-hydrogen) atoms. The summed E-state index contributed by atoms with van der Waals surface area (Å²) in [6.07, 6.45) is 7.50. The van der Waals surface area contributed by atoms with Gasteiger partial charge < -0.3 is 20.1 Å². The molecule has 1 aromatic carbocycles. The molecule has 2 aliphatic heterocycles. The fraction of sp³-hybridized carbons (Fsp3) is 0.474. The van der Waals surface area contributed by atoms with Crippen LogP contribution in [0.2, 0.25) is 0 Å². The van der Waals surface area contributed by atoms with E-state index in [1.807, 2.05) is 12.1 Å². The number of nitrogens with zero attached hydrogens (tertiary/aromatic N) is 2. The van der Waals surface area contributed by atoms with E-state index in [9.17, 15) is 9.59 Å². The van der Waals surface area contributed by atoms with E-state index < -0.39 is 11.7 Å². The predicted molar refractivity (Wildman–Crippen MR) is 97.2 cm³/mol. The standard InChI is InChI=1S/C19H22N4O4/c1-3-4-7-19(22-23-19)8-9-20-18(25)15(21-13(2)24)10-14-5-6-16-17(11-14)27-12-26-16/h1,5-6,11,15H,4,7-10,12H2,2H3,(H,20,25)(H,21,24). The van der Waals surface area contributed by atoms with Crippen molar-refractivity contribution < 1.29 is 19.1 Å². The zero-order valence-corrected chi connectivity index (χ0v) is 15.2. The maximum absolute atomic E-state index is 12.6. The van der Waals surface area contributed by atoms with E-state index in [0.29, 0.717) is 43.7 Å². The van der Waals surface area contributed by atoms with Crippen LogP contribution in [-0.2, 0) is 16.0 Å². The molecule has 8 heteroatoms. The fourth-order valence-corrected chi connectivity index (χ4v) is 2.94. The van der Waals surface area contributed by atoms with Crippen molar-refractivity contribution >= 4 is 11.8 Å². The van der Waals surface area contributed by atoms with Gasteiger partial charge in [-0.1, -0.05) is 6.07 Å². The number of rotatable bonds is 9. The van der Waals surface area contributed by atoms with E-state index in [1.165, 1.54) is 6.92 Å². The molecule has 8 nitrogen and oxygen atoms in total. The van der Waals surface area contributed by atoms with Crippen LogP contribution in [-0.4, -0.2) is 36.9 Å². The normalized spacial score (nSPS) is 16.3. The Morgan fingerprint density at radius 2 is 2.07 bits per heavy atom. The second kappa shape index (κ2) is 8.08. The van der Waals surface area contributed by atoms with E-state index >= 15 is 0 Å². The summed E-state index contributed by atoms with van der Waals surface area (Å²) in [7, 11) is 0. The Labute approximate surface area is 157 Å². The smallest absolute Gasteiger partial charge is 0.242 e. The van der Waals surface area contributed by atoms with Gasteiger partial charge in [-0.15, -0.1) is 12.3 Å². The topological polar surface area (TPSA) is 101 Å². The number of benzene rings is 1. The van der Waals surface area contributed by atoms with Gasteiger partial charge in [0.05, 0.1) is 0 Å². The molecule has 0 fully saturated rings. The van der Waals surface area contributed by atoms with Crippen LogP contribution in [0.5, 0.6) is 11.5 Å². The van der Waals surface area contributed by atoms with Crippen LogP contribution in [0.3, 0.4) is 0 Å². The third-order valence-electron chi connectivity index (χ3n) is 4.45. The number of hydrogen-bond donors (Lipinski definition) is 2. The summed E-state index contributed by atoms with van der Waals surface area (Å²) < 4.78 is 10.6. The molecule has 2 aliphatic rings. The first-order chi connectivity index (χ1) is 13.0. The highest BCUT2D eigenvalue weighted by atomic mass is 16.7. The summed E-state index contributed by atoms with van der Waals surface area (Å²) in [4.78, 5) is 24.1. The highest BCUT2D eigenvalue weighted by Gasteiger charge is 2.38. The number of carbonyl (C=O) groups excluding carboxylic acids is 2. The molecule has 0 bridgehead atoms.